The number of carbonyl (C=O) groups is 2. The molecule has 0 spiro atoms. The van der Waals surface area contributed by atoms with E-state index in [2.05, 4.69) is 4.98 Å². The molecule has 2 aliphatic rings. The van der Waals surface area contributed by atoms with Crippen LogP contribution in [0, 0.1) is 17.8 Å². The average molecular weight is 385 g/mol. The fourth-order valence-corrected chi connectivity index (χ4v) is 4.82. The predicted molar refractivity (Wildman–Crippen MR) is 104 cm³/mol. The molecule has 2 heterocycles. The Hall–Kier alpha value is -2.21. The van der Waals surface area contributed by atoms with Crippen LogP contribution in [0.25, 0.3) is 15.8 Å². The number of rotatable bonds is 3. The molecule has 4 rings (SSSR count). The zero-order valence-electron chi connectivity index (χ0n) is 15.7. The van der Waals surface area contributed by atoms with E-state index in [0.717, 1.165) is 10.2 Å². The summed E-state index contributed by atoms with van der Waals surface area (Å²) in [6.07, 6.45) is 2.44. The van der Waals surface area contributed by atoms with Crippen LogP contribution in [0.3, 0.4) is 0 Å². The van der Waals surface area contributed by atoms with Crippen molar-refractivity contribution in [3.63, 3.8) is 0 Å². The number of carbonyl (C=O) groups excluding carboxylic acids is 2. The third kappa shape index (κ3) is 3.27. The van der Waals surface area contributed by atoms with Crippen LogP contribution in [-0.2, 0) is 19.1 Å². The molecule has 142 valence electrons. The normalized spacial score (nSPS) is 27.9. The van der Waals surface area contributed by atoms with Gasteiger partial charge < -0.3 is 9.47 Å². The summed E-state index contributed by atoms with van der Waals surface area (Å²) in [5, 5.41) is 0.709. The minimum absolute atomic E-state index is 0.0245. The number of fused-ring (bicyclic) bond motifs is 2. The van der Waals surface area contributed by atoms with E-state index in [4.69, 9.17) is 9.47 Å². The maximum Gasteiger partial charge on any atom is 0.308 e. The topological polar surface area (TPSA) is 65.5 Å². The molecule has 0 radical (unpaired) electrons. The largest absolute Gasteiger partial charge is 0.496 e. The van der Waals surface area contributed by atoms with Gasteiger partial charge in [0.2, 0.25) is 0 Å². The molecule has 6 heteroatoms. The van der Waals surface area contributed by atoms with Crippen molar-refractivity contribution in [3.8, 4) is 0 Å². The highest BCUT2D eigenvalue weighted by atomic mass is 32.1. The zero-order valence-corrected chi connectivity index (χ0v) is 16.5. The predicted octanol–water partition coefficient (Wildman–Crippen LogP) is 4.22. The van der Waals surface area contributed by atoms with Gasteiger partial charge in [-0.2, -0.15) is 0 Å². The second-order valence-corrected chi connectivity index (χ2v) is 8.69. The summed E-state index contributed by atoms with van der Waals surface area (Å²) in [6, 6.07) is 7.86. The second kappa shape index (κ2) is 7.08. The molecular formula is C21H23NO4S. The van der Waals surface area contributed by atoms with Crippen molar-refractivity contribution in [3.05, 3.63) is 35.5 Å². The summed E-state index contributed by atoms with van der Waals surface area (Å²) < 4.78 is 12.7. The Kier molecular flexibility index (Phi) is 4.76. The van der Waals surface area contributed by atoms with Gasteiger partial charge in [-0.3, -0.25) is 9.59 Å². The highest BCUT2D eigenvalue weighted by Gasteiger charge is 2.46. The number of Topliss-reactive ketones (excluding diaryl/α,β-unsaturated/α-hetero) is 1. The lowest BCUT2D eigenvalue weighted by molar-refractivity contribution is -0.164. The smallest absolute Gasteiger partial charge is 0.308 e. The lowest BCUT2D eigenvalue weighted by atomic mass is 9.73. The molecule has 4 atom stereocenters. The summed E-state index contributed by atoms with van der Waals surface area (Å²) in [7, 11) is 0. The van der Waals surface area contributed by atoms with Gasteiger partial charge in [0.15, 0.2) is 5.78 Å². The van der Waals surface area contributed by atoms with Gasteiger partial charge in [0.05, 0.1) is 33.9 Å². The minimum Gasteiger partial charge on any atom is -0.496 e. The molecule has 1 fully saturated rings. The number of hydrogen-bond acceptors (Lipinski definition) is 6. The van der Waals surface area contributed by atoms with E-state index < -0.39 is 0 Å². The zero-order chi connectivity index (χ0) is 19.1. The van der Waals surface area contributed by atoms with Crippen molar-refractivity contribution < 1.29 is 19.1 Å². The van der Waals surface area contributed by atoms with Gasteiger partial charge in [-0.25, -0.2) is 4.98 Å². The van der Waals surface area contributed by atoms with Gasteiger partial charge >= 0.3 is 5.97 Å². The van der Waals surface area contributed by atoms with Gasteiger partial charge in [-0.05, 0) is 25.0 Å². The van der Waals surface area contributed by atoms with Crippen LogP contribution in [0.5, 0.6) is 0 Å². The SMILES string of the molecule is CC(C)C(=O)OC1CCC2C(=O)C(c3nc4ccccc4s3)=COC2C1C. The molecule has 1 aliphatic carbocycles. The van der Waals surface area contributed by atoms with Crippen molar-refractivity contribution in [2.75, 3.05) is 0 Å². The van der Waals surface area contributed by atoms with Crippen molar-refractivity contribution in [2.24, 2.45) is 17.8 Å². The summed E-state index contributed by atoms with van der Waals surface area (Å²) >= 11 is 1.51. The molecule has 1 aliphatic heterocycles. The number of esters is 1. The number of ketones is 1. The number of hydrogen-bond donors (Lipinski definition) is 0. The first-order valence-corrected chi connectivity index (χ1v) is 10.2. The summed E-state index contributed by atoms with van der Waals surface area (Å²) in [4.78, 5) is 29.7. The van der Waals surface area contributed by atoms with Crippen LogP contribution < -0.4 is 0 Å². The number of nitrogens with zero attached hydrogens (tertiary/aromatic N) is 1. The fourth-order valence-electron chi connectivity index (χ4n) is 3.85. The van der Waals surface area contributed by atoms with E-state index in [1.165, 1.54) is 11.3 Å². The Morgan fingerprint density at radius 1 is 1.30 bits per heavy atom. The fraction of sp³-hybridized carbons (Fsp3) is 0.476. The van der Waals surface area contributed by atoms with E-state index in [0.29, 0.717) is 23.4 Å². The number of thiazole rings is 1. The van der Waals surface area contributed by atoms with E-state index in [9.17, 15) is 9.59 Å². The summed E-state index contributed by atoms with van der Waals surface area (Å²) in [5.74, 6) is -0.497. The monoisotopic (exact) mass is 385 g/mol. The van der Waals surface area contributed by atoms with Crippen LogP contribution in [-0.4, -0.2) is 28.9 Å². The molecule has 4 unspecified atom stereocenters. The second-order valence-electron chi connectivity index (χ2n) is 7.66. The van der Waals surface area contributed by atoms with E-state index in [1.54, 1.807) is 6.26 Å². The number of allylic oxidation sites excluding steroid dienone is 1. The number of para-hydroxylation sites is 1. The van der Waals surface area contributed by atoms with E-state index in [-0.39, 0.29) is 41.7 Å². The van der Waals surface area contributed by atoms with Gasteiger partial charge in [-0.15, -0.1) is 11.3 Å². The maximum atomic E-state index is 13.1. The Morgan fingerprint density at radius 2 is 2.07 bits per heavy atom. The van der Waals surface area contributed by atoms with Crippen molar-refractivity contribution in [1.29, 1.82) is 0 Å². The van der Waals surface area contributed by atoms with Gasteiger partial charge in [0.25, 0.3) is 0 Å². The quantitative estimate of drug-likeness (QED) is 0.740. The first-order valence-electron chi connectivity index (χ1n) is 9.42. The Balaban J connectivity index is 1.56. The van der Waals surface area contributed by atoms with Crippen molar-refractivity contribution >= 4 is 38.9 Å². The number of benzene rings is 1. The third-order valence-corrected chi connectivity index (χ3v) is 6.54. The Bertz CT molecular complexity index is 883. The first kappa shape index (κ1) is 18.2. The Labute approximate surface area is 162 Å². The molecule has 27 heavy (non-hydrogen) atoms. The molecule has 2 aromatic rings. The number of ether oxygens (including phenoxy) is 2. The highest BCUT2D eigenvalue weighted by molar-refractivity contribution is 7.19. The van der Waals surface area contributed by atoms with Crippen molar-refractivity contribution in [1.82, 2.24) is 4.98 Å². The van der Waals surface area contributed by atoms with Crippen LogP contribution in [0.1, 0.15) is 38.6 Å². The Morgan fingerprint density at radius 3 is 2.81 bits per heavy atom. The van der Waals surface area contributed by atoms with E-state index >= 15 is 0 Å². The molecule has 0 N–H and O–H groups in total. The summed E-state index contributed by atoms with van der Waals surface area (Å²) in [5.41, 5.74) is 1.45. The lowest BCUT2D eigenvalue weighted by Gasteiger charge is -2.41. The van der Waals surface area contributed by atoms with Crippen LogP contribution >= 0.6 is 11.3 Å². The molecule has 1 aromatic carbocycles. The van der Waals surface area contributed by atoms with Crippen LogP contribution in [0.2, 0.25) is 0 Å². The lowest BCUT2D eigenvalue weighted by Crippen LogP contribution is -2.48. The molecule has 0 amide bonds. The van der Waals surface area contributed by atoms with Crippen LogP contribution in [0.15, 0.2) is 30.5 Å². The standard InChI is InChI=1S/C21H23NO4S/c1-11(2)21(24)26-16-9-8-13-18(23)14(10-25-19(13)12(16)3)20-22-15-6-4-5-7-17(15)27-20/h4-7,10-13,16,19H,8-9H2,1-3H3. The van der Waals surface area contributed by atoms with Gasteiger partial charge in [0.1, 0.15) is 17.2 Å². The van der Waals surface area contributed by atoms with Gasteiger partial charge in [-0.1, -0.05) is 32.9 Å². The molecule has 0 saturated heterocycles. The van der Waals surface area contributed by atoms with Crippen molar-refractivity contribution in [2.45, 2.75) is 45.8 Å². The van der Waals surface area contributed by atoms with Crippen LogP contribution in [0.4, 0.5) is 0 Å². The van der Waals surface area contributed by atoms with E-state index in [1.807, 2.05) is 45.0 Å². The molecule has 5 nitrogen and oxygen atoms in total. The summed E-state index contributed by atoms with van der Waals surface area (Å²) in [6.45, 7) is 5.65. The molecule has 1 saturated carbocycles. The molecule has 0 bridgehead atoms. The highest BCUT2D eigenvalue weighted by Crippen LogP contribution is 2.41. The number of aromatic nitrogens is 1. The molecule has 1 aromatic heterocycles. The molecular weight excluding hydrogens is 362 g/mol. The third-order valence-electron chi connectivity index (χ3n) is 5.47. The minimum atomic E-state index is -0.255. The average Bonchev–Trinajstić information content (AvgIpc) is 3.08. The first-order chi connectivity index (χ1) is 13.0. The van der Waals surface area contributed by atoms with Gasteiger partial charge in [0, 0.05) is 5.92 Å². The maximum absolute atomic E-state index is 13.1.